The second-order valence-electron chi connectivity index (χ2n) is 5.51. The van der Waals surface area contributed by atoms with Crippen molar-refractivity contribution in [2.45, 2.75) is 38.8 Å². The first-order chi connectivity index (χ1) is 9.20. The summed E-state index contributed by atoms with van der Waals surface area (Å²) in [4.78, 5) is 23.8. The fourth-order valence-corrected chi connectivity index (χ4v) is 1.73. The van der Waals surface area contributed by atoms with Crippen LogP contribution in [0.25, 0.3) is 0 Å². The van der Waals surface area contributed by atoms with Crippen LogP contribution in [0.1, 0.15) is 27.2 Å². The Hall–Kier alpha value is -1.63. The zero-order valence-electron chi connectivity index (χ0n) is 11.9. The molecule has 1 aliphatic rings. The summed E-state index contributed by atoms with van der Waals surface area (Å²) in [5.74, 6) is -2.95. The number of nitrogens with zero attached hydrogens (tertiary/aromatic N) is 1. The average Bonchev–Trinajstić information content (AvgIpc) is 2.79. The van der Waals surface area contributed by atoms with E-state index in [0.29, 0.717) is 19.6 Å². The molecule has 1 unspecified atom stereocenters. The van der Waals surface area contributed by atoms with E-state index in [0.717, 1.165) is 6.08 Å². The molecule has 0 aromatic heterocycles. The predicted molar refractivity (Wildman–Crippen MR) is 69.0 cm³/mol. The predicted octanol–water partition coefficient (Wildman–Crippen LogP) is 1.95. The van der Waals surface area contributed by atoms with Crippen LogP contribution in [0.4, 0.5) is 9.18 Å². The lowest BCUT2D eigenvalue weighted by Gasteiger charge is -2.30. The first-order valence-electron chi connectivity index (χ1n) is 6.37. The first-order valence-corrected chi connectivity index (χ1v) is 6.37. The van der Waals surface area contributed by atoms with Crippen LogP contribution in [0.3, 0.4) is 0 Å². The van der Waals surface area contributed by atoms with Gasteiger partial charge in [-0.1, -0.05) is 0 Å². The van der Waals surface area contributed by atoms with Gasteiger partial charge in [0.15, 0.2) is 0 Å². The first kappa shape index (κ1) is 16.4. The number of halogens is 1. The topological polar surface area (TPSA) is 76.1 Å². The molecular formula is C13H20FNO5. The number of carbonyl (C=O) groups excluding carboxylic acids is 1. The van der Waals surface area contributed by atoms with E-state index >= 15 is 0 Å². The SMILES string of the molecule is CC(C)(C)OC(=O)N(C/C=C(\F)C(=O)O)C1CCOC1. The normalized spacial score (nSPS) is 19.8. The number of carbonyl (C=O) groups is 2. The molecule has 1 N–H and O–H groups in total. The lowest BCUT2D eigenvalue weighted by atomic mass is 10.2. The molecule has 7 heteroatoms. The van der Waals surface area contributed by atoms with Crippen molar-refractivity contribution in [1.82, 2.24) is 4.90 Å². The molecule has 1 atom stereocenters. The van der Waals surface area contributed by atoms with Crippen LogP contribution < -0.4 is 0 Å². The van der Waals surface area contributed by atoms with Crippen LogP contribution in [-0.2, 0) is 14.3 Å². The van der Waals surface area contributed by atoms with E-state index in [2.05, 4.69) is 0 Å². The van der Waals surface area contributed by atoms with Gasteiger partial charge in [-0.3, -0.25) is 4.90 Å². The van der Waals surface area contributed by atoms with Gasteiger partial charge in [-0.25, -0.2) is 9.59 Å². The third-order valence-electron chi connectivity index (χ3n) is 2.65. The minimum atomic E-state index is -1.66. The van der Waals surface area contributed by atoms with Gasteiger partial charge >= 0.3 is 12.1 Å². The van der Waals surface area contributed by atoms with Crippen molar-refractivity contribution < 1.29 is 28.6 Å². The van der Waals surface area contributed by atoms with Gasteiger partial charge in [-0.2, -0.15) is 4.39 Å². The van der Waals surface area contributed by atoms with Crippen LogP contribution in [0.2, 0.25) is 0 Å². The van der Waals surface area contributed by atoms with Crippen LogP contribution in [0.15, 0.2) is 11.9 Å². The van der Waals surface area contributed by atoms with E-state index in [4.69, 9.17) is 14.6 Å². The Balaban J connectivity index is 2.77. The van der Waals surface area contributed by atoms with Gasteiger partial charge in [0.25, 0.3) is 0 Å². The molecule has 1 heterocycles. The Labute approximate surface area is 117 Å². The number of aliphatic carboxylic acids is 1. The maximum absolute atomic E-state index is 13.0. The molecule has 1 saturated heterocycles. The number of hydrogen-bond donors (Lipinski definition) is 1. The van der Waals surface area contributed by atoms with Crippen LogP contribution in [0, 0.1) is 0 Å². The van der Waals surface area contributed by atoms with Crippen molar-refractivity contribution in [3.8, 4) is 0 Å². The highest BCUT2D eigenvalue weighted by atomic mass is 19.1. The number of rotatable bonds is 4. The molecule has 0 spiro atoms. The summed E-state index contributed by atoms with van der Waals surface area (Å²) in [5.41, 5.74) is -0.677. The molecule has 1 amide bonds. The van der Waals surface area contributed by atoms with Crippen molar-refractivity contribution in [2.24, 2.45) is 0 Å². The maximum atomic E-state index is 13.0. The van der Waals surface area contributed by atoms with E-state index in [1.165, 1.54) is 4.90 Å². The Morgan fingerprint density at radius 3 is 2.60 bits per heavy atom. The largest absolute Gasteiger partial charge is 0.476 e. The van der Waals surface area contributed by atoms with Crippen molar-refractivity contribution >= 4 is 12.1 Å². The van der Waals surface area contributed by atoms with Gasteiger partial charge in [0.05, 0.1) is 12.6 Å². The molecule has 0 aromatic rings. The molecule has 6 nitrogen and oxygen atoms in total. The average molecular weight is 289 g/mol. The number of ether oxygens (including phenoxy) is 2. The highest BCUT2D eigenvalue weighted by Crippen LogP contribution is 2.17. The fraction of sp³-hybridized carbons (Fsp3) is 0.692. The van der Waals surface area contributed by atoms with Gasteiger partial charge in [-0.05, 0) is 33.3 Å². The lowest BCUT2D eigenvalue weighted by Crippen LogP contribution is -2.44. The minimum absolute atomic E-state index is 0.166. The van der Waals surface area contributed by atoms with Crippen molar-refractivity contribution in [2.75, 3.05) is 19.8 Å². The molecule has 1 aliphatic heterocycles. The van der Waals surface area contributed by atoms with Gasteiger partial charge < -0.3 is 14.6 Å². The van der Waals surface area contributed by atoms with Gasteiger partial charge in [0.2, 0.25) is 5.83 Å². The van der Waals surface area contributed by atoms with Crippen LogP contribution in [-0.4, -0.2) is 53.5 Å². The molecule has 1 rings (SSSR count). The summed E-state index contributed by atoms with van der Waals surface area (Å²) in [7, 11) is 0. The van der Waals surface area contributed by atoms with E-state index in [9.17, 15) is 14.0 Å². The van der Waals surface area contributed by atoms with Gasteiger partial charge in [0.1, 0.15) is 5.60 Å². The Morgan fingerprint density at radius 1 is 1.50 bits per heavy atom. The quantitative estimate of drug-likeness (QED) is 0.800. The molecule has 0 bridgehead atoms. The van der Waals surface area contributed by atoms with E-state index in [1.54, 1.807) is 20.8 Å². The monoisotopic (exact) mass is 289 g/mol. The second-order valence-corrected chi connectivity index (χ2v) is 5.51. The minimum Gasteiger partial charge on any atom is -0.476 e. The molecule has 0 radical (unpaired) electrons. The Kier molecular flexibility index (Phi) is 5.50. The van der Waals surface area contributed by atoms with E-state index in [-0.39, 0.29) is 12.6 Å². The summed E-state index contributed by atoms with van der Waals surface area (Å²) in [6.07, 6.45) is 0.856. The van der Waals surface area contributed by atoms with Crippen LogP contribution >= 0.6 is 0 Å². The standard InChI is InChI=1S/C13H20FNO5/c1-13(2,3)20-12(18)15(9-5-7-19-8-9)6-4-10(14)11(16)17/h4,9H,5-8H2,1-3H3,(H,16,17)/b10-4-. The zero-order chi connectivity index (χ0) is 15.3. The summed E-state index contributed by atoms with van der Waals surface area (Å²) in [5, 5.41) is 8.48. The Morgan fingerprint density at radius 2 is 2.15 bits per heavy atom. The summed E-state index contributed by atoms with van der Waals surface area (Å²) >= 11 is 0. The highest BCUT2D eigenvalue weighted by Gasteiger charge is 2.30. The van der Waals surface area contributed by atoms with Gasteiger partial charge in [0, 0.05) is 13.2 Å². The number of carboxylic acids is 1. The number of hydrogen-bond acceptors (Lipinski definition) is 4. The molecular weight excluding hydrogens is 269 g/mol. The molecule has 1 fully saturated rings. The number of carboxylic acid groups (broad SMARTS) is 1. The lowest BCUT2D eigenvalue weighted by molar-refractivity contribution is -0.134. The Bertz CT molecular complexity index is 396. The van der Waals surface area contributed by atoms with Crippen molar-refractivity contribution in [3.05, 3.63) is 11.9 Å². The molecule has 0 aliphatic carbocycles. The maximum Gasteiger partial charge on any atom is 0.410 e. The third-order valence-corrected chi connectivity index (χ3v) is 2.65. The van der Waals surface area contributed by atoms with Crippen LogP contribution in [0.5, 0.6) is 0 Å². The molecule has 0 saturated carbocycles. The number of amides is 1. The molecule has 20 heavy (non-hydrogen) atoms. The summed E-state index contributed by atoms with van der Waals surface area (Å²) in [6.45, 7) is 5.85. The molecule has 0 aromatic carbocycles. The smallest absolute Gasteiger partial charge is 0.410 e. The summed E-state index contributed by atoms with van der Waals surface area (Å²) < 4.78 is 23.5. The molecule has 114 valence electrons. The van der Waals surface area contributed by atoms with Crippen molar-refractivity contribution in [3.63, 3.8) is 0 Å². The van der Waals surface area contributed by atoms with Gasteiger partial charge in [-0.15, -0.1) is 0 Å². The van der Waals surface area contributed by atoms with E-state index in [1.807, 2.05) is 0 Å². The summed E-state index contributed by atoms with van der Waals surface area (Å²) in [6, 6.07) is -0.234. The highest BCUT2D eigenvalue weighted by molar-refractivity contribution is 5.84. The zero-order valence-corrected chi connectivity index (χ0v) is 11.9. The van der Waals surface area contributed by atoms with Crippen molar-refractivity contribution in [1.29, 1.82) is 0 Å². The second kappa shape index (κ2) is 6.69. The third kappa shape index (κ3) is 5.16. The fourth-order valence-electron chi connectivity index (χ4n) is 1.73. The van der Waals surface area contributed by atoms with E-state index < -0.39 is 23.5 Å².